The minimum atomic E-state index is -0.483. The maximum Gasteiger partial charge on any atom is 0.269 e. The van der Waals surface area contributed by atoms with Gasteiger partial charge in [-0.15, -0.1) is 0 Å². The van der Waals surface area contributed by atoms with E-state index >= 15 is 0 Å². The number of aryl methyl sites for hydroxylation is 1. The highest BCUT2D eigenvalue weighted by Gasteiger charge is 2.17. The summed E-state index contributed by atoms with van der Waals surface area (Å²) in [6.07, 6.45) is 0. The molecule has 2 aromatic rings. The van der Waals surface area contributed by atoms with Crippen molar-refractivity contribution >= 4 is 23.0 Å². The third-order valence-corrected chi connectivity index (χ3v) is 3.19. The molecule has 108 valence electrons. The molecule has 0 radical (unpaired) electrons. The minimum Gasteiger partial charge on any atom is -0.398 e. The van der Waals surface area contributed by atoms with Gasteiger partial charge in [-0.25, -0.2) is 0 Å². The van der Waals surface area contributed by atoms with Crippen LogP contribution in [-0.4, -0.2) is 17.9 Å². The fourth-order valence-corrected chi connectivity index (χ4v) is 1.97. The molecule has 0 saturated heterocycles. The predicted molar refractivity (Wildman–Crippen MR) is 81.4 cm³/mol. The van der Waals surface area contributed by atoms with Crippen LogP contribution in [0.1, 0.15) is 15.9 Å². The van der Waals surface area contributed by atoms with Crippen molar-refractivity contribution in [2.45, 2.75) is 6.92 Å². The van der Waals surface area contributed by atoms with Gasteiger partial charge >= 0.3 is 0 Å². The molecule has 2 rings (SSSR count). The van der Waals surface area contributed by atoms with Crippen molar-refractivity contribution in [2.75, 3.05) is 17.7 Å². The molecule has 2 N–H and O–H groups in total. The molecule has 0 heterocycles. The van der Waals surface area contributed by atoms with Crippen LogP contribution < -0.4 is 10.6 Å². The fraction of sp³-hybridized carbons (Fsp3) is 0.133. The molecule has 0 fully saturated rings. The number of anilines is 2. The van der Waals surface area contributed by atoms with Gasteiger partial charge in [-0.2, -0.15) is 0 Å². The van der Waals surface area contributed by atoms with Gasteiger partial charge in [0.2, 0.25) is 0 Å². The van der Waals surface area contributed by atoms with E-state index < -0.39 is 4.92 Å². The molecular weight excluding hydrogens is 270 g/mol. The average molecular weight is 285 g/mol. The molecule has 0 atom stereocenters. The molecule has 6 heteroatoms. The average Bonchev–Trinajstić information content (AvgIpc) is 2.46. The normalized spacial score (nSPS) is 10.2. The summed E-state index contributed by atoms with van der Waals surface area (Å²) in [6.45, 7) is 1.89. The Bertz CT molecular complexity index is 696. The molecule has 1 amide bonds. The number of carbonyl (C=O) groups excluding carboxylic acids is 1. The van der Waals surface area contributed by atoms with Crippen molar-refractivity contribution in [3.8, 4) is 0 Å². The largest absolute Gasteiger partial charge is 0.398 e. The summed E-state index contributed by atoms with van der Waals surface area (Å²) in [5, 5.41) is 10.6. The van der Waals surface area contributed by atoms with Gasteiger partial charge in [-0.1, -0.05) is 6.07 Å². The summed E-state index contributed by atoms with van der Waals surface area (Å²) in [5.74, 6) is -0.263. The van der Waals surface area contributed by atoms with Crippen LogP contribution in [0.15, 0.2) is 42.5 Å². The molecule has 0 aromatic heterocycles. The van der Waals surface area contributed by atoms with Crippen LogP contribution >= 0.6 is 0 Å². The van der Waals surface area contributed by atoms with Gasteiger partial charge in [-0.3, -0.25) is 14.9 Å². The molecule has 0 aliphatic carbocycles. The van der Waals surface area contributed by atoms with E-state index in [2.05, 4.69) is 0 Å². The number of amides is 1. The second kappa shape index (κ2) is 5.62. The molecule has 0 spiro atoms. The van der Waals surface area contributed by atoms with E-state index in [-0.39, 0.29) is 11.6 Å². The molecule has 0 aliphatic heterocycles. The number of non-ortho nitro benzene ring substituents is 1. The minimum absolute atomic E-state index is 0.0190. The summed E-state index contributed by atoms with van der Waals surface area (Å²) >= 11 is 0. The van der Waals surface area contributed by atoms with Crippen molar-refractivity contribution in [1.82, 2.24) is 0 Å². The van der Waals surface area contributed by atoms with Crippen LogP contribution in [0.2, 0.25) is 0 Å². The maximum absolute atomic E-state index is 12.4. The quantitative estimate of drug-likeness (QED) is 0.533. The highest BCUT2D eigenvalue weighted by atomic mass is 16.6. The molecule has 0 bridgehead atoms. The Morgan fingerprint density at radius 2 is 1.81 bits per heavy atom. The van der Waals surface area contributed by atoms with E-state index in [4.69, 9.17) is 5.73 Å². The lowest BCUT2D eigenvalue weighted by Gasteiger charge is -2.18. The number of carbonyl (C=O) groups is 1. The summed E-state index contributed by atoms with van der Waals surface area (Å²) < 4.78 is 0. The number of nitro groups is 1. The van der Waals surface area contributed by atoms with Crippen LogP contribution in [0.4, 0.5) is 17.1 Å². The molecule has 6 nitrogen and oxygen atoms in total. The number of nitro benzene ring substituents is 1. The maximum atomic E-state index is 12.4. The third kappa shape index (κ3) is 3.00. The van der Waals surface area contributed by atoms with Crippen LogP contribution in [0, 0.1) is 17.0 Å². The molecule has 0 unspecified atom stereocenters. The zero-order valence-corrected chi connectivity index (χ0v) is 11.7. The molecule has 0 aliphatic rings. The van der Waals surface area contributed by atoms with Gasteiger partial charge in [0.15, 0.2) is 0 Å². The Hall–Kier alpha value is -2.89. The van der Waals surface area contributed by atoms with Gasteiger partial charge in [0.1, 0.15) is 0 Å². The van der Waals surface area contributed by atoms with Crippen LogP contribution in [0.25, 0.3) is 0 Å². The first-order chi connectivity index (χ1) is 9.90. The second-order valence-electron chi connectivity index (χ2n) is 4.73. The first kappa shape index (κ1) is 14.5. The van der Waals surface area contributed by atoms with Crippen molar-refractivity contribution in [1.29, 1.82) is 0 Å². The lowest BCUT2D eigenvalue weighted by Crippen LogP contribution is -2.27. The monoisotopic (exact) mass is 285 g/mol. The van der Waals surface area contributed by atoms with Gasteiger partial charge < -0.3 is 10.6 Å². The smallest absolute Gasteiger partial charge is 0.269 e. The fourth-order valence-electron chi connectivity index (χ4n) is 1.97. The number of nitrogen functional groups attached to an aromatic ring is 1. The Labute approximate surface area is 121 Å². The van der Waals surface area contributed by atoms with Crippen LogP contribution in [0.3, 0.4) is 0 Å². The zero-order chi connectivity index (χ0) is 15.6. The van der Waals surface area contributed by atoms with Crippen LogP contribution in [-0.2, 0) is 0 Å². The van der Waals surface area contributed by atoms with Gasteiger partial charge in [0.25, 0.3) is 11.6 Å². The second-order valence-corrected chi connectivity index (χ2v) is 4.73. The van der Waals surface area contributed by atoms with E-state index in [1.54, 1.807) is 19.2 Å². The molecular formula is C15H15N3O3. The van der Waals surface area contributed by atoms with E-state index in [0.717, 1.165) is 5.56 Å². The third-order valence-electron chi connectivity index (χ3n) is 3.19. The number of benzene rings is 2. The Morgan fingerprint density at radius 3 is 2.33 bits per heavy atom. The van der Waals surface area contributed by atoms with Gasteiger partial charge in [0, 0.05) is 30.6 Å². The molecule has 0 saturated carbocycles. The van der Waals surface area contributed by atoms with E-state index in [1.165, 1.54) is 29.2 Å². The summed E-state index contributed by atoms with van der Waals surface area (Å²) in [5.41, 5.74) is 8.20. The number of hydrogen-bond donors (Lipinski definition) is 1. The highest BCUT2D eigenvalue weighted by molar-refractivity contribution is 6.09. The highest BCUT2D eigenvalue weighted by Crippen LogP contribution is 2.22. The standard InChI is InChI=1S/C15H15N3O3/c1-10-3-8-13(14(16)9-10)15(19)17(2)11-4-6-12(7-5-11)18(20)21/h3-9H,16H2,1-2H3. The van der Waals surface area contributed by atoms with Gasteiger partial charge in [0.05, 0.1) is 10.5 Å². The summed E-state index contributed by atoms with van der Waals surface area (Å²) in [7, 11) is 1.60. The van der Waals surface area contributed by atoms with E-state index in [1.807, 2.05) is 13.0 Å². The Morgan fingerprint density at radius 1 is 1.19 bits per heavy atom. The number of rotatable bonds is 3. The van der Waals surface area contributed by atoms with Crippen molar-refractivity contribution in [2.24, 2.45) is 0 Å². The zero-order valence-electron chi connectivity index (χ0n) is 11.7. The Balaban J connectivity index is 2.28. The predicted octanol–water partition coefficient (Wildman–Crippen LogP) is 2.76. The SMILES string of the molecule is Cc1ccc(C(=O)N(C)c2ccc([N+](=O)[O-])cc2)c(N)c1. The molecule has 2 aromatic carbocycles. The first-order valence-corrected chi connectivity index (χ1v) is 6.29. The first-order valence-electron chi connectivity index (χ1n) is 6.29. The van der Waals surface area contributed by atoms with Crippen molar-refractivity contribution in [3.63, 3.8) is 0 Å². The number of hydrogen-bond acceptors (Lipinski definition) is 4. The summed E-state index contributed by atoms with van der Waals surface area (Å²) in [6, 6.07) is 11.0. The lowest BCUT2D eigenvalue weighted by molar-refractivity contribution is -0.384. The lowest BCUT2D eigenvalue weighted by atomic mass is 10.1. The number of nitrogens with zero attached hydrogens (tertiary/aromatic N) is 2. The van der Waals surface area contributed by atoms with Gasteiger partial charge in [-0.05, 0) is 36.8 Å². The summed E-state index contributed by atoms with van der Waals surface area (Å²) in [4.78, 5) is 24.0. The topological polar surface area (TPSA) is 89.5 Å². The van der Waals surface area contributed by atoms with Crippen LogP contribution in [0.5, 0.6) is 0 Å². The van der Waals surface area contributed by atoms with Crippen molar-refractivity contribution in [3.05, 3.63) is 63.7 Å². The number of nitrogens with two attached hydrogens (primary N) is 1. The van der Waals surface area contributed by atoms with Crippen molar-refractivity contribution < 1.29 is 9.72 Å². The van der Waals surface area contributed by atoms with E-state index in [9.17, 15) is 14.9 Å². The Kier molecular flexibility index (Phi) is 3.89. The molecule has 21 heavy (non-hydrogen) atoms. The van der Waals surface area contributed by atoms with E-state index in [0.29, 0.717) is 16.9 Å².